The molecule has 0 aromatic heterocycles. The number of hydrogen-bond donors (Lipinski definition) is 0. The second-order valence-electron chi connectivity index (χ2n) is 15.2. The van der Waals surface area contributed by atoms with E-state index in [-0.39, 0.29) is 11.1 Å². The van der Waals surface area contributed by atoms with Crippen LogP contribution in [0, 0.1) is 90.6 Å². The van der Waals surface area contributed by atoms with Gasteiger partial charge in [0, 0.05) is 33.8 Å². The summed E-state index contributed by atoms with van der Waals surface area (Å²) in [6.07, 6.45) is -22.6. The number of allylic oxidation sites excluding steroid dienone is 6. The van der Waals surface area contributed by atoms with E-state index >= 15 is 26.3 Å². The summed E-state index contributed by atoms with van der Waals surface area (Å²) in [5.74, 6) is -6.63. The van der Waals surface area contributed by atoms with Crippen LogP contribution in [0.3, 0.4) is 0 Å². The van der Waals surface area contributed by atoms with E-state index in [1.165, 1.54) is 12.1 Å². The number of halogens is 12. The zero-order valence-electron chi connectivity index (χ0n) is 35.2. The summed E-state index contributed by atoms with van der Waals surface area (Å²) in [6, 6.07) is 23.7. The van der Waals surface area contributed by atoms with Crippen molar-refractivity contribution in [2.24, 2.45) is 0 Å². The van der Waals surface area contributed by atoms with Gasteiger partial charge >= 0.3 is 25.1 Å². The fourth-order valence-corrected chi connectivity index (χ4v) is 8.78. The van der Waals surface area contributed by atoms with Gasteiger partial charge in [0.15, 0.2) is 0 Å². The summed E-state index contributed by atoms with van der Waals surface area (Å²) in [5.41, 5.74) is -21.0. The fraction of sp³-hybridized carbons (Fsp3) is 0.120. The maximum atomic E-state index is 16.7. The summed E-state index contributed by atoms with van der Waals surface area (Å²) in [7, 11) is 0. The van der Waals surface area contributed by atoms with Crippen molar-refractivity contribution in [2.75, 3.05) is 0 Å². The third-order valence-corrected chi connectivity index (χ3v) is 11.1. The molecule has 10 nitrogen and oxygen atoms in total. The van der Waals surface area contributed by atoms with Gasteiger partial charge in [-0.05, 0) is 94.1 Å². The first-order valence-electron chi connectivity index (χ1n) is 19.7. The Hall–Kier alpha value is -10.0. The number of rotatable bonds is 7. The Morgan fingerprint density at radius 1 is 0.486 bits per heavy atom. The standard InChI is InChI=1S/C50H16F12N8O2/c51-47(52,53)45-41-35(21-69)37(27-1-5-31(6-2-27)71-49(57,58)59)39(33(19-67)29-11-23(15-63)9-24(12-29)16-64)43(41)46(48(54,55)56)44-40(34(20-68)30-13-25(17-65)10-26(14-30)18-66)38(36(22-70)42(44)45)28-3-7-32(8-4-28)72-50(60,61)62/h1-14,33,39H/b40-34-. The molecule has 22 heteroatoms. The second-order valence-corrected chi connectivity index (χ2v) is 15.2. The average Bonchev–Trinajstić information content (AvgIpc) is 3.82. The van der Waals surface area contributed by atoms with Crippen LogP contribution in [-0.2, 0) is 12.4 Å². The Labute approximate surface area is 396 Å². The van der Waals surface area contributed by atoms with Crippen LogP contribution in [0.1, 0.15) is 89.7 Å². The maximum Gasteiger partial charge on any atom is 0.573 e. The first-order chi connectivity index (χ1) is 33.9. The molecule has 0 spiro atoms. The second kappa shape index (κ2) is 18.1. The summed E-state index contributed by atoms with van der Waals surface area (Å²) < 4.78 is 187. The van der Waals surface area contributed by atoms with Crippen molar-refractivity contribution >= 4 is 33.4 Å². The number of hydrogen-bond acceptors (Lipinski definition) is 10. The summed E-state index contributed by atoms with van der Waals surface area (Å²) in [6.45, 7) is 0. The molecule has 0 saturated heterocycles. The summed E-state index contributed by atoms with van der Waals surface area (Å²) in [4.78, 5) is 0. The van der Waals surface area contributed by atoms with Crippen molar-refractivity contribution in [3.8, 4) is 60.1 Å². The molecule has 352 valence electrons. The molecule has 7 rings (SSSR count). The van der Waals surface area contributed by atoms with E-state index < -0.39 is 149 Å². The minimum atomic E-state index is -5.98. The molecule has 0 fully saturated rings. The molecule has 72 heavy (non-hydrogen) atoms. The van der Waals surface area contributed by atoms with E-state index in [0.29, 0.717) is 36.4 Å². The number of nitriles is 8. The predicted octanol–water partition coefficient (Wildman–Crippen LogP) is 12.7. The number of ether oxygens (including phenoxy) is 2. The monoisotopic (exact) mass is 988 g/mol. The number of nitrogens with zero attached hydrogens (tertiary/aromatic N) is 8. The van der Waals surface area contributed by atoms with Crippen LogP contribution in [0.2, 0.25) is 0 Å². The molecule has 0 bridgehead atoms. The van der Waals surface area contributed by atoms with E-state index in [1.54, 1.807) is 36.4 Å². The minimum absolute atomic E-state index is 0.387. The fourth-order valence-electron chi connectivity index (χ4n) is 8.78. The maximum absolute atomic E-state index is 16.7. The van der Waals surface area contributed by atoms with E-state index in [9.17, 15) is 68.4 Å². The zero-order valence-corrected chi connectivity index (χ0v) is 35.2. The Morgan fingerprint density at radius 3 is 1.32 bits per heavy atom. The first kappa shape index (κ1) is 49.9. The van der Waals surface area contributed by atoms with Gasteiger partial charge in [0.1, 0.15) is 29.7 Å². The molecule has 0 aliphatic heterocycles. The Morgan fingerprint density at radius 2 is 0.931 bits per heavy atom. The summed E-state index contributed by atoms with van der Waals surface area (Å²) in [5, 5.41) is 83.1. The lowest BCUT2D eigenvalue weighted by atomic mass is 9.73. The van der Waals surface area contributed by atoms with Crippen LogP contribution < -0.4 is 9.47 Å². The lowest BCUT2D eigenvalue weighted by molar-refractivity contribution is -0.275. The highest BCUT2D eigenvalue weighted by molar-refractivity contribution is 6.32. The van der Waals surface area contributed by atoms with Crippen molar-refractivity contribution in [3.63, 3.8) is 0 Å². The minimum Gasteiger partial charge on any atom is -0.406 e. The van der Waals surface area contributed by atoms with Crippen LogP contribution in [0.15, 0.2) is 84.9 Å². The Balaban J connectivity index is 1.78. The van der Waals surface area contributed by atoms with Gasteiger partial charge in [-0.3, -0.25) is 0 Å². The molecule has 0 heterocycles. The molecular weight excluding hydrogens is 973 g/mol. The number of fused-ring (bicyclic) bond motifs is 2. The summed E-state index contributed by atoms with van der Waals surface area (Å²) >= 11 is 0. The van der Waals surface area contributed by atoms with Gasteiger partial charge in [-0.2, -0.15) is 68.4 Å². The van der Waals surface area contributed by atoms with Crippen molar-refractivity contribution in [2.45, 2.75) is 36.9 Å². The topological polar surface area (TPSA) is 209 Å². The highest BCUT2D eigenvalue weighted by Crippen LogP contribution is 2.65. The third kappa shape index (κ3) is 9.04. The van der Waals surface area contributed by atoms with Crippen LogP contribution in [0.5, 0.6) is 11.5 Å². The van der Waals surface area contributed by atoms with Crippen LogP contribution in [0.25, 0.3) is 33.4 Å². The van der Waals surface area contributed by atoms with Gasteiger partial charge in [0.05, 0.1) is 86.4 Å². The van der Waals surface area contributed by atoms with Crippen LogP contribution in [0.4, 0.5) is 52.7 Å². The van der Waals surface area contributed by atoms with Crippen molar-refractivity contribution in [3.05, 3.63) is 163 Å². The molecule has 0 N–H and O–H groups in total. The molecule has 0 radical (unpaired) electrons. The van der Waals surface area contributed by atoms with Gasteiger partial charge in [-0.1, -0.05) is 24.3 Å². The van der Waals surface area contributed by atoms with Crippen LogP contribution in [-0.4, -0.2) is 12.7 Å². The highest BCUT2D eigenvalue weighted by atomic mass is 19.4. The van der Waals surface area contributed by atoms with Crippen molar-refractivity contribution < 1.29 is 62.2 Å². The molecule has 2 aliphatic carbocycles. The molecule has 5 aromatic carbocycles. The molecular formula is C50H16F12N8O2. The Kier molecular flexibility index (Phi) is 12.6. The number of benzene rings is 5. The molecule has 5 aromatic rings. The predicted molar refractivity (Wildman–Crippen MR) is 223 cm³/mol. The van der Waals surface area contributed by atoms with E-state index in [4.69, 9.17) is 0 Å². The normalized spacial score (nSPS) is 15.2. The third-order valence-electron chi connectivity index (χ3n) is 11.1. The Bertz CT molecular complexity index is 3560. The van der Waals surface area contributed by atoms with Crippen molar-refractivity contribution in [1.82, 2.24) is 0 Å². The van der Waals surface area contributed by atoms with Gasteiger partial charge in [0.2, 0.25) is 0 Å². The SMILES string of the molecule is N#CC1=C(c2ccc(OC(F)(F)F)cc2)/C(=C(\C#N)c2cc(C#N)cc(C#N)c2)c2c1c(C(F)(F)F)c1c(c2C(F)(F)F)C(C(C#N)c2cc(C#N)cc(C#N)c2)C(c2ccc(OC(F)(F)F)cc2)=C1C#N. The molecule has 2 aliphatic rings. The van der Waals surface area contributed by atoms with Gasteiger partial charge in [-0.15, -0.1) is 26.3 Å². The van der Waals surface area contributed by atoms with E-state index in [1.807, 2.05) is 0 Å². The highest BCUT2D eigenvalue weighted by Gasteiger charge is 2.56. The first-order valence-corrected chi connectivity index (χ1v) is 19.7. The molecule has 2 unspecified atom stereocenters. The van der Waals surface area contributed by atoms with Gasteiger partial charge < -0.3 is 9.47 Å². The zero-order chi connectivity index (χ0) is 52.8. The molecule has 2 atom stereocenters. The van der Waals surface area contributed by atoms with Crippen LogP contribution >= 0.6 is 0 Å². The lowest BCUT2D eigenvalue weighted by Crippen LogP contribution is -2.23. The smallest absolute Gasteiger partial charge is 0.406 e. The average molecular weight is 989 g/mol. The lowest BCUT2D eigenvalue weighted by Gasteiger charge is -2.29. The molecule has 0 saturated carbocycles. The number of alkyl halides is 12. The van der Waals surface area contributed by atoms with Crippen molar-refractivity contribution in [1.29, 1.82) is 42.1 Å². The molecule has 0 amide bonds. The van der Waals surface area contributed by atoms with E-state index in [0.717, 1.165) is 48.5 Å². The van der Waals surface area contributed by atoms with Gasteiger partial charge in [0.25, 0.3) is 0 Å². The quantitative estimate of drug-likeness (QED) is 0.111. The largest absolute Gasteiger partial charge is 0.573 e. The van der Waals surface area contributed by atoms with Gasteiger partial charge in [-0.25, -0.2) is 0 Å². The van der Waals surface area contributed by atoms with E-state index in [2.05, 4.69) is 9.47 Å².